The number of amides is 2. The van der Waals surface area contributed by atoms with Crippen LogP contribution in [0.2, 0.25) is 0 Å². The van der Waals surface area contributed by atoms with E-state index in [0.29, 0.717) is 5.56 Å². The van der Waals surface area contributed by atoms with Crippen molar-refractivity contribution in [1.29, 1.82) is 0 Å². The summed E-state index contributed by atoms with van der Waals surface area (Å²) >= 11 is 0. The van der Waals surface area contributed by atoms with Gasteiger partial charge in [0.05, 0.1) is 16.7 Å². The van der Waals surface area contributed by atoms with Crippen molar-refractivity contribution >= 4 is 11.8 Å². The number of pyridine rings is 1. The van der Waals surface area contributed by atoms with Crippen molar-refractivity contribution in [2.75, 3.05) is 26.2 Å². The lowest BCUT2D eigenvalue weighted by Gasteiger charge is -2.35. The van der Waals surface area contributed by atoms with E-state index in [4.69, 9.17) is 0 Å². The summed E-state index contributed by atoms with van der Waals surface area (Å²) in [4.78, 5) is 31.7. The van der Waals surface area contributed by atoms with Gasteiger partial charge in [-0.3, -0.25) is 14.6 Å². The largest absolute Gasteiger partial charge is 0.417 e. The van der Waals surface area contributed by atoms with Crippen LogP contribution >= 0.6 is 0 Å². The summed E-state index contributed by atoms with van der Waals surface area (Å²) < 4.78 is 39.3. The Bertz CT molecular complexity index is 801. The molecule has 0 N–H and O–H groups in total. The summed E-state index contributed by atoms with van der Waals surface area (Å²) in [6.45, 7) is 0.870. The second-order valence-corrected chi connectivity index (χ2v) is 5.87. The minimum Gasteiger partial charge on any atom is -0.335 e. The number of carbonyl (C=O) groups excluding carboxylic acids is 2. The van der Waals surface area contributed by atoms with Gasteiger partial charge >= 0.3 is 6.18 Å². The van der Waals surface area contributed by atoms with E-state index in [1.165, 1.54) is 29.3 Å². The molecule has 26 heavy (non-hydrogen) atoms. The van der Waals surface area contributed by atoms with Crippen molar-refractivity contribution in [3.63, 3.8) is 0 Å². The Morgan fingerprint density at radius 3 is 2.08 bits per heavy atom. The third kappa shape index (κ3) is 3.68. The van der Waals surface area contributed by atoms with E-state index >= 15 is 0 Å². The van der Waals surface area contributed by atoms with Crippen LogP contribution in [0.5, 0.6) is 0 Å². The van der Waals surface area contributed by atoms with Crippen molar-refractivity contribution in [3.8, 4) is 0 Å². The molecule has 5 nitrogen and oxygen atoms in total. The van der Waals surface area contributed by atoms with Gasteiger partial charge in [-0.15, -0.1) is 0 Å². The third-order valence-electron chi connectivity index (χ3n) is 4.23. The minimum atomic E-state index is -4.59. The minimum absolute atomic E-state index is 0.178. The van der Waals surface area contributed by atoms with Crippen molar-refractivity contribution in [2.45, 2.75) is 6.18 Å². The van der Waals surface area contributed by atoms with Gasteiger partial charge in [-0.2, -0.15) is 13.2 Å². The fraction of sp³-hybridized carbons (Fsp3) is 0.278. The summed E-state index contributed by atoms with van der Waals surface area (Å²) in [5, 5.41) is 0. The van der Waals surface area contributed by atoms with Crippen LogP contribution in [0.1, 0.15) is 26.3 Å². The Morgan fingerprint density at radius 1 is 0.885 bits per heavy atom. The van der Waals surface area contributed by atoms with E-state index in [-0.39, 0.29) is 37.6 Å². The highest BCUT2D eigenvalue weighted by molar-refractivity contribution is 5.97. The van der Waals surface area contributed by atoms with Crippen LogP contribution in [0, 0.1) is 0 Å². The van der Waals surface area contributed by atoms with Gasteiger partial charge in [0.25, 0.3) is 11.8 Å². The Hall–Kier alpha value is -2.90. The first-order valence-electron chi connectivity index (χ1n) is 8.03. The number of carbonyl (C=O) groups is 2. The molecule has 1 fully saturated rings. The van der Waals surface area contributed by atoms with Crippen LogP contribution in [0.3, 0.4) is 0 Å². The zero-order valence-electron chi connectivity index (χ0n) is 13.7. The summed E-state index contributed by atoms with van der Waals surface area (Å²) in [7, 11) is 0. The Morgan fingerprint density at radius 2 is 1.50 bits per heavy atom. The highest BCUT2D eigenvalue weighted by Crippen LogP contribution is 2.32. The smallest absolute Gasteiger partial charge is 0.335 e. The molecular weight excluding hydrogens is 347 g/mol. The maximum absolute atomic E-state index is 13.1. The molecule has 1 aliphatic heterocycles. The molecule has 8 heteroatoms. The van der Waals surface area contributed by atoms with Crippen molar-refractivity contribution in [3.05, 3.63) is 65.5 Å². The molecule has 0 unspecified atom stereocenters. The summed E-state index contributed by atoms with van der Waals surface area (Å²) in [6, 6.07) is 8.04. The average molecular weight is 363 g/mol. The molecule has 1 aromatic heterocycles. The van der Waals surface area contributed by atoms with Crippen LogP contribution in [0.25, 0.3) is 0 Å². The lowest BCUT2D eigenvalue weighted by Crippen LogP contribution is -2.50. The molecule has 1 aromatic carbocycles. The number of hydrogen-bond acceptors (Lipinski definition) is 3. The van der Waals surface area contributed by atoms with Crippen LogP contribution in [0.15, 0.2) is 48.8 Å². The molecular formula is C18H16F3N3O2. The average Bonchev–Trinajstić information content (AvgIpc) is 2.67. The summed E-state index contributed by atoms with van der Waals surface area (Å²) in [5.41, 5.74) is -0.874. The highest BCUT2D eigenvalue weighted by Gasteiger charge is 2.36. The predicted molar refractivity (Wildman–Crippen MR) is 87.5 cm³/mol. The molecule has 0 atom stereocenters. The molecule has 2 aromatic rings. The van der Waals surface area contributed by atoms with Crippen LogP contribution in [0.4, 0.5) is 13.2 Å². The molecule has 0 bridgehead atoms. The Balaban J connectivity index is 1.69. The number of rotatable bonds is 2. The number of alkyl halides is 3. The number of nitrogens with zero attached hydrogens (tertiary/aromatic N) is 3. The maximum atomic E-state index is 13.1. The number of hydrogen-bond donors (Lipinski definition) is 0. The monoisotopic (exact) mass is 363 g/mol. The lowest BCUT2D eigenvalue weighted by molar-refractivity contribution is -0.138. The third-order valence-corrected chi connectivity index (χ3v) is 4.23. The SMILES string of the molecule is O=C(c1cccnc1)N1CCN(C(=O)c2ccccc2C(F)(F)F)CC1. The Labute approximate surface area is 148 Å². The van der Waals surface area contributed by atoms with Crippen LogP contribution in [-0.2, 0) is 6.18 Å². The first-order chi connectivity index (χ1) is 12.4. The van der Waals surface area contributed by atoms with Gasteiger partial charge in [0, 0.05) is 38.6 Å². The molecule has 136 valence electrons. The van der Waals surface area contributed by atoms with Gasteiger partial charge in [0.15, 0.2) is 0 Å². The van der Waals surface area contributed by atoms with E-state index in [1.54, 1.807) is 23.2 Å². The van der Waals surface area contributed by atoms with Crippen molar-refractivity contribution in [1.82, 2.24) is 14.8 Å². The normalized spacial score (nSPS) is 15.0. The van der Waals surface area contributed by atoms with Gasteiger partial charge in [0.2, 0.25) is 0 Å². The van der Waals surface area contributed by atoms with E-state index in [1.807, 2.05) is 0 Å². The molecule has 0 saturated carbocycles. The van der Waals surface area contributed by atoms with Crippen LogP contribution < -0.4 is 0 Å². The molecule has 1 aliphatic rings. The van der Waals surface area contributed by atoms with Gasteiger partial charge < -0.3 is 9.80 Å². The zero-order valence-corrected chi connectivity index (χ0v) is 13.7. The van der Waals surface area contributed by atoms with Crippen LogP contribution in [-0.4, -0.2) is 52.8 Å². The highest BCUT2D eigenvalue weighted by atomic mass is 19.4. The standard InChI is InChI=1S/C18H16F3N3O2/c19-18(20,21)15-6-2-1-5-14(15)17(26)24-10-8-23(9-11-24)16(25)13-4-3-7-22-12-13/h1-7,12H,8-11H2. The second kappa shape index (κ2) is 7.15. The van der Waals surface area contributed by atoms with E-state index in [0.717, 1.165) is 6.07 Å². The zero-order chi connectivity index (χ0) is 18.7. The molecule has 2 amide bonds. The number of piperazine rings is 1. The summed E-state index contributed by atoms with van der Waals surface area (Å²) in [5.74, 6) is -0.882. The fourth-order valence-electron chi connectivity index (χ4n) is 2.87. The topological polar surface area (TPSA) is 53.5 Å². The quantitative estimate of drug-likeness (QED) is 0.824. The Kier molecular flexibility index (Phi) is 4.92. The summed E-state index contributed by atoms with van der Waals surface area (Å²) in [6.07, 6.45) is -1.57. The van der Waals surface area contributed by atoms with Gasteiger partial charge in [-0.05, 0) is 24.3 Å². The van der Waals surface area contributed by atoms with E-state index in [9.17, 15) is 22.8 Å². The second-order valence-electron chi connectivity index (χ2n) is 5.87. The predicted octanol–water partition coefficient (Wildman–Crippen LogP) is 2.70. The first kappa shape index (κ1) is 17.9. The van der Waals surface area contributed by atoms with E-state index < -0.39 is 17.6 Å². The van der Waals surface area contributed by atoms with Crippen molar-refractivity contribution < 1.29 is 22.8 Å². The lowest BCUT2D eigenvalue weighted by atomic mass is 10.1. The van der Waals surface area contributed by atoms with E-state index in [2.05, 4.69) is 4.98 Å². The number of halogens is 3. The molecule has 1 saturated heterocycles. The molecule has 0 spiro atoms. The van der Waals surface area contributed by atoms with Gasteiger partial charge in [-0.25, -0.2) is 0 Å². The number of benzene rings is 1. The molecule has 0 radical (unpaired) electrons. The first-order valence-corrected chi connectivity index (χ1v) is 8.03. The van der Waals surface area contributed by atoms with Gasteiger partial charge in [-0.1, -0.05) is 12.1 Å². The molecule has 0 aliphatic carbocycles. The fourth-order valence-corrected chi connectivity index (χ4v) is 2.87. The number of aromatic nitrogens is 1. The molecule has 2 heterocycles. The van der Waals surface area contributed by atoms with Gasteiger partial charge in [0.1, 0.15) is 0 Å². The molecule has 3 rings (SSSR count). The maximum Gasteiger partial charge on any atom is 0.417 e. The van der Waals surface area contributed by atoms with Crippen molar-refractivity contribution in [2.24, 2.45) is 0 Å².